The van der Waals surface area contributed by atoms with Crippen LogP contribution in [0.1, 0.15) is 20.8 Å². The number of fused-ring (bicyclic) bond motifs is 1. The van der Waals surface area contributed by atoms with Gasteiger partial charge in [0, 0.05) is 5.39 Å². The molecule has 1 aromatic heterocycles. The van der Waals surface area contributed by atoms with Crippen LogP contribution in [0.5, 0.6) is 0 Å². The molecule has 0 spiro atoms. The molecule has 0 bridgehead atoms. The smallest absolute Gasteiger partial charge is 0.336 e. The highest BCUT2D eigenvalue weighted by Crippen LogP contribution is 2.18. The molecule has 0 atom stereocenters. The average molecular weight is 294 g/mol. The molecule has 1 amide bonds. The third-order valence-electron chi connectivity index (χ3n) is 2.46. The van der Waals surface area contributed by atoms with E-state index < -0.39 is 21.9 Å². The minimum atomic E-state index is -3.74. The Bertz CT molecular complexity index is 814. The Morgan fingerprint density at radius 3 is 2.50 bits per heavy atom. The maximum absolute atomic E-state index is 11.7. The third kappa shape index (κ3) is 2.91. The molecule has 2 rings (SSSR count). The predicted molar refractivity (Wildman–Crippen MR) is 71.0 cm³/mol. The molecule has 1 aromatic carbocycles. The van der Waals surface area contributed by atoms with E-state index in [0.29, 0.717) is 10.9 Å². The first-order valence-electron chi connectivity index (χ1n) is 5.43. The van der Waals surface area contributed by atoms with E-state index in [1.54, 1.807) is 29.0 Å². The van der Waals surface area contributed by atoms with Crippen molar-refractivity contribution in [3.63, 3.8) is 0 Å². The fourth-order valence-corrected chi connectivity index (χ4v) is 2.13. The van der Waals surface area contributed by atoms with Crippen molar-refractivity contribution < 1.29 is 23.1 Å². The second kappa shape index (κ2) is 4.89. The van der Waals surface area contributed by atoms with Gasteiger partial charge in [0.15, 0.2) is 0 Å². The van der Waals surface area contributed by atoms with Gasteiger partial charge < -0.3 is 5.11 Å². The van der Waals surface area contributed by atoms with Crippen LogP contribution >= 0.6 is 0 Å². The van der Waals surface area contributed by atoms with Crippen LogP contribution in [0, 0.1) is 0 Å². The minimum Gasteiger partial charge on any atom is -0.478 e. The van der Waals surface area contributed by atoms with Crippen LogP contribution < -0.4 is 4.72 Å². The fourth-order valence-electron chi connectivity index (χ4n) is 1.69. The first-order chi connectivity index (χ1) is 9.28. The van der Waals surface area contributed by atoms with Crippen LogP contribution in [0.4, 0.5) is 0 Å². The predicted octanol–water partition coefficient (Wildman–Crippen LogP) is 0.622. The molecule has 7 nitrogen and oxygen atoms in total. The number of rotatable bonds is 3. The summed E-state index contributed by atoms with van der Waals surface area (Å²) in [6.07, 6.45) is 0.823. The normalized spacial score (nSPS) is 11.2. The van der Waals surface area contributed by atoms with Crippen LogP contribution in [0.25, 0.3) is 10.9 Å². The quantitative estimate of drug-likeness (QED) is 0.858. The summed E-state index contributed by atoms with van der Waals surface area (Å²) >= 11 is 0. The summed E-state index contributed by atoms with van der Waals surface area (Å²) in [6.45, 7) is 0. The van der Waals surface area contributed by atoms with E-state index in [-0.39, 0.29) is 11.3 Å². The number of para-hydroxylation sites is 1. The number of hydrogen-bond donors (Lipinski definition) is 2. The summed E-state index contributed by atoms with van der Waals surface area (Å²) in [5.41, 5.74) is -0.0909. The first kappa shape index (κ1) is 13.9. The lowest BCUT2D eigenvalue weighted by molar-refractivity contribution is 0.0699. The van der Waals surface area contributed by atoms with Crippen LogP contribution in [-0.4, -0.2) is 36.6 Å². The van der Waals surface area contributed by atoms with E-state index in [1.165, 1.54) is 0 Å². The molecule has 0 unspecified atom stereocenters. The van der Waals surface area contributed by atoms with E-state index in [0.717, 1.165) is 12.3 Å². The van der Waals surface area contributed by atoms with E-state index in [9.17, 15) is 18.0 Å². The standard InChI is InChI=1S/C12H10N2O5S/c1-20(18,19)14-11(15)10-6-8(12(16)17)7-4-2-3-5-9(7)13-10/h2-6H,1H3,(H,14,15)(H,16,17). The summed E-state index contributed by atoms with van der Waals surface area (Å²) in [4.78, 5) is 26.9. The van der Waals surface area contributed by atoms with E-state index in [4.69, 9.17) is 5.11 Å². The lowest BCUT2D eigenvalue weighted by Crippen LogP contribution is -2.30. The number of aromatic carboxylic acids is 1. The number of carbonyl (C=O) groups is 2. The second-order valence-corrected chi connectivity index (χ2v) is 5.83. The molecule has 0 fully saturated rings. The van der Waals surface area contributed by atoms with Crippen LogP contribution in [-0.2, 0) is 10.0 Å². The number of carboxylic acids is 1. The number of pyridine rings is 1. The molecule has 0 radical (unpaired) electrons. The number of sulfonamides is 1. The minimum absolute atomic E-state index is 0.116. The first-order valence-corrected chi connectivity index (χ1v) is 7.32. The van der Waals surface area contributed by atoms with Crippen LogP contribution in [0.2, 0.25) is 0 Å². The number of nitrogens with one attached hydrogen (secondary N) is 1. The number of nitrogens with zero attached hydrogens (tertiary/aromatic N) is 1. The van der Waals surface area contributed by atoms with Gasteiger partial charge >= 0.3 is 5.97 Å². The molecule has 2 N–H and O–H groups in total. The van der Waals surface area contributed by atoms with Crippen molar-refractivity contribution >= 4 is 32.8 Å². The summed E-state index contributed by atoms with van der Waals surface area (Å²) in [5, 5.41) is 9.52. The largest absolute Gasteiger partial charge is 0.478 e. The van der Waals surface area contributed by atoms with Crippen LogP contribution in [0.3, 0.4) is 0 Å². The Morgan fingerprint density at radius 1 is 1.25 bits per heavy atom. The monoisotopic (exact) mass is 294 g/mol. The molecule has 1 heterocycles. The molecular formula is C12H10N2O5S. The van der Waals surface area contributed by atoms with Gasteiger partial charge in [0.25, 0.3) is 5.91 Å². The van der Waals surface area contributed by atoms with Crippen LogP contribution in [0.15, 0.2) is 30.3 Å². The Kier molecular flexibility index (Phi) is 3.41. The SMILES string of the molecule is CS(=O)(=O)NC(=O)c1cc(C(=O)O)c2ccccc2n1. The van der Waals surface area contributed by atoms with Gasteiger partial charge in [-0.1, -0.05) is 18.2 Å². The zero-order chi connectivity index (χ0) is 14.9. The van der Waals surface area contributed by atoms with Crippen molar-refractivity contribution in [2.75, 3.05) is 6.26 Å². The summed E-state index contributed by atoms with van der Waals surface area (Å²) in [6, 6.07) is 7.43. The molecule has 8 heteroatoms. The number of amides is 1. The second-order valence-electron chi connectivity index (χ2n) is 4.08. The van der Waals surface area contributed by atoms with E-state index >= 15 is 0 Å². The Labute approximate surface area is 114 Å². The maximum atomic E-state index is 11.7. The van der Waals surface area contributed by atoms with Gasteiger partial charge in [-0.2, -0.15) is 0 Å². The van der Waals surface area contributed by atoms with Crippen molar-refractivity contribution in [1.82, 2.24) is 9.71 Å². The lowest BCUT2D eigenvalue weighted by atomic mass is 10.1. The molecule has 0 aliphatic heterocycles. The summed E-state index contributed by atoms with van der Waals surface area (Å²) < 4.78 is 23.8. The van der Waals surface area contributed by atoms with Gasteiger partial charge in [-0.25, -0.2) is 22.9 Å². The van der Waals surface area contributed by atoms with Crippen molar-refractivity contribution in [2.24, 2.45) is 0 Å². The summed E-state index contributed by atoms with van der Waals surface area (Å²) in [7, 11) is -3.74. The van der Waals surface area contributed by atoms with Gasteiger partial charge in [-0.3, -0.25) is 4.79 Å². The Hall–Kier alpha value is -2.48. The highest BCUT2D eigenvalue weighted by molar-refractivity contribution is 7.89. The van der Waals surface area contributed by atoms with Crippen molar-refractivity contribution in [1.29, 1.82) is 0 Å². The lowest BCUT2D eigenvalue weighted by Gasteiger charge is -2.06. The zero-order valence-electron chi connectivity index (χ0n) is 10.3. The number of hydrogen-bond acceptors (Lipinski definition) is 5. The van der Waals surface area contributed by atoms with Gasteiger partial charge in [0.2, 0.25) is 10.0 Å². The molecule has 104 valence electrons. The molecule has 0 aliphatic rings. The Morgan fingerprint density at radius 2 is 1.90 bits per heavy atom. The van der Waals surface area contributed by atoms with Crippen molar-refractivity contribution in [3.8, 4) is 0 Å². The number of aromatic nitrogens is 1. The topological polar surface area (TPSA) is 113 Å². The fraction of sp³-hybridized carbons (Fsp3) is 0.0833. The molecule has 20 heavy (non-hydrogen) atoms. The molecular weight excluding hydrogens is 284 g/mol. The average Bonchev–Trinajstić information content (AvgIpc) is 2.35. The number of carbonyl (C=O) groups excluding carboxylic acids is 1. The summed E-state index contributed by atoms with van der Waals surface area (Å²) in [5.74, 6) is -2.20. The highest BCUT2D eigenvalue weighted by Gasteiger charge is 2.17. The van der Waals surface area contributed by atoms with E-state index in [2.05, 4.69) is 4.98 Å². The molecule has 2 aromatic rings. The van der Waals surface area contributed by atoms with Gasteiger partial charge in [0.1, 0.15) is 5.69 Å². The molecule has 0 aliphatic carbocycles. The van der Waals surface area contributed by atoms with E-state index in [1.807, 2.05) is 0 Å². The third-order valence-corrected chi connectivity index (χ3v) is 3.01. The molecule has 0 saturated carbocycles. The van der Waals surface area contributed by atoms with Gasteiger partial charge in [-0.15, -0.1) is 0 Å². The zero-order valence-corrected chi connectivity index (χ0v) is 11.1. The van der Waals surface area contributed by atoms with Crippen molar-refractivity contribution in [2.45, 2.75) is 0 Å². The molecule has 0 saturated heterocycles. The number of benzene rings is 1. The van der Waals surface area contributed by atoms with Gasteiger partial charge in [-0.05, 0) is 12.1 Å². The van der Waals surface area contributed by atoms with Crippen molar-refractivity contribution in [3.05, 3.63) is 41.6 Å². The maximum Gasteiger partial charge on any atom is 0.336 e. The number of carboxylic acid groups (broad SMARTS) is 1. The Balaban J connectivity index is 2.61. The highest BCUT2D eigenvalue weighted by atomic mass is 32.2. The van der Waals surface area contributed by atoms with Gasteiger partial charge in [0.05, 0.1) is 17.3 Å².